The van der Waals surface area contributed by atoms with Gasteiger partial charge in [-0.3, -0.25) is 19.9 Å². The molecule has 7 aliphatic heterocycles. The van der Waals surface area contributed by atoms with Gasteiger partial charge < -0.3 is 38.6 Å². The first-order valence-corrected chi connectivity index (χ1v) is 19.0. The van der Waals surface area contributed by atoms with Gasteiger partial charge in [0, 0.05) is 60.1 Å². The predicted molar refractivity (Wildman–Crippen MR) is 193 cm³/mol. The molecular weight excluding hydrogens is 703 g/mol. The molecule has 0 saturated carbocycles. The Morgan fingerprint density at radius 1 is 1.02 bits per heavy atom. The summed E-state index contributed by atoms with van der Waals surface area (Å²) in [6.07, 6.45) is 1.31. The summed E-state index contributed by atoms with van der Waals surface area (Å²) in [6, 6.07) is 4.51. The summed E-state index contributed by atoms with van der Waals surface area (Å²) in [5.74, 6) is 1.66. The minimum absolute atomic E-state index is 0.00613. The van der Waals surface area contributed by atoms with Crippen LogP contribution in [0.2, 0.25) is 0 Å². The number of ether oxygens (including phenoxy) is 6. The number of phenols is 2. The Bertz CT molecular complexity index is 2090. The lowest BCUT2D eigenvalue weighted by Gasteiger charge is -2.60. The standard InChI is InChI=1S/C39H43N3O10S/c1-17-9-21-10-22-13-42-24-14-49-38(46)39(23-12-26(47-5)25(44)11-20(23)7-8-40-39)15-53-37(31(42)30(41(22)4)27(21)32(45)33(17)48-6)29-28(24)36-35(50-16-51-36)18(2)34(29)52-19(3)43/h9,11-12,22,24,30-31,37,40,44-45H,7-8,10,13-16H2,1-6H3/t22?,24-,30?,31?,37+,39+/m0/s1. The number of carbonyl (C=O) groups is 2. The minimum Gasteiger partial charge on any atom is -0.504 e. The van der Waals surface area contributed by atoms with Crippen LogP contribution in [0.3, 0.4) is 0 Å². The Morgan fingerprint density at radius 3 is 2.57 bits per heavy atom. The highest BCUT2D eigenvalue weighted by atomic mass is 32.2. The van der Waals surface area contributed by atoms with Gasteiger partial charge in [-0.05, 0) is 68.1 Å². The number of esters is 2. The Hall–Kier alpha value is -4.37. The summed E-state index contributed by atoms with van der Waals surface area (Å²) in [7, 11) is 5.17. The van der Waals surface area contributed by atoms with E-state index in [2.05, 4.69) is 28.2 Å². The molecule has 2 saturated heterocycles. The van der Waals surface area contributed by atoms with E-state index in [1.807, 2.05) is 13.8 Å². The first-order chi connectivity index (χ1) is 25.5. The highest BCUT2D eigenvalue weighted by Crippen LogP contribution is 2.63. The van der Waals surface area contributed by atoms with E-state index in [1.54, 1.807) is 31.0 Å². The molecule has 2 fully saturated rings. The number of piperazine rings is 1. The van der Waals surface area contributed by atoms with E-state index in [9.17, 15) is 19.8 Å². The molecule has 0 amide bonds. The van der Waals surface area contributed by atoms with E-state index < -0.39 is 28.8 Å². The van der Waals surface area contributed by atoms with Crippen LogP contribution in [0.25, 0.3) is 0 Å². The van der Waals surface area contributed by atoms with Crippen molar-refractivity contribution in [3.05, 3.63) is 62.7 Å². The SMILES string of the molecule is COc1cc2c(cc1O)CCN[C@]21CS[C@@H]2c3c(OC(C)=O)c(C)c4c(c3[C@H](COC1=O)N1CC3Cc5cc(C)c(OC)c(O)c5C(C21)N3C)OCO4. The monoisotopic (exact) mass is 745 g/mol. The van der Waals surface area contributed by atoms with Crippen LogP contribution in [0.5, 0.6) is 40.2 Å². The number of aromatic hydroxyl groups is 2. The zero-order valence-corrected chi connectivity index (χ0v) is 31.3. The molecule has 0 aliphatic carbocycles. The van der Waals surface area contributed by atoms with E-state index in [1.165, 1.54) is 14.0 Å². The molecule has 1 spiro atoms. The van der Waals surface area contributed by atoms with E-state index in [4.69, 9.17) is 28.4 Å². The second-order valence-corrected chi connectivity index (χ2v) is 16.0. The van der Waals surface area contributed by atoms with Crippen molar-refractivity contribution in [2.45, 2.75) is 68.6 Å². The molecular formula is C39H43N3O10S. The number of nitrogens with one attached hydrogen (secondary N) is 1. The zero-order valence-electron chi connectivity index (χ0n) is 30.5. The lowest BCUT2D eigenvalue weighted by molar-refractivity contribution is -0.156. The van der Waals surface area contributed by atoms with Gasteiger partial charge in [-0.25, -0.2) is 4.79 Å². The molecule has 3 unspecified atom stereocenters. The third kappa shape index (κ3) is 4.81. The number of likely N-dealkylation sites (N-methyl/N-ethyl adjacent to an activating group) is 1. The second kappa shape index (κ2) is 12.3. The smallest absolute Gasteiger partial charge is 0.331 e. The molecule has 14 heteroatoms. The van der Waals surface area contributed by atoms with Crippen LogP contribution in [0.15, 0.2) is 18.2 Å². The summed E-state index contributed by atoms with van der Waals surface area (Å²) >= 11 is 1.58. The number of rotatable bonds is 3. The van der Waals surface area contributed by atoms with Gasteiger partial charge >= 0.3 is 11.9 Å². The molecule has 4 bridgehead atoms. The number of benzene rings is 3. The maximum Gasteiger partial charge on any atom is 0.331 e. The van der Waals surface area contributed by atoms with Gasteiger partial charge in [0.15, 0.2) is 40.0 Å². The number of nitrogens with zero attached hydrogens (tertiary/aromatic N) is 2. The molecule has 0 aromatic heterocycles. The molecule has 53 heavy (non-hydrogen) atoms. The van der Waals surface area contributed by atoms with Crippen LogP contribution in [-0.2, 0) is 32.7 Å². The molecule has 13 nitrogen and oxygen atoms in total. The lowest BCUT2D eigenvalue weighted by atomic mass is 9.73. The summed E-state index contributed by atoms with van der Waals surface area (Å²) in [4.78, 5) is 32.3. The third-order valence-corrected chi connectivity index (χ3v) is 13.7. The molecule has 3 aromatic carbocycles. The highest BCUT2D eigenvalue weighted by molar-refractivity contribution is 7.99. The van der Waals surface area contributed by atoms with Crippen LogP contribution in [0.4, 0.5) is 0 Å². The van der Waals surface area contributed by atoms with E-state index >= 15 is 0 Å². The number of thioether (sulfide) groups is 1. The van der Waals surface area contributed by atoms with E-state index in [0.29, 0.717) is 60.1 Å². The molecule has 7 aliphatic rings. The average molecular weight is 746 g/mol. The van der Waals surface area contributed by atoms with Crippen molar-refractivity contribution in [2.24, 2.45) is 0 Å². The number of carbonyl (C=O) groups excluding carboxylic acids is 2. The van der Waals surface area contributed by atoms with Gasteiger partial charge in [-0.15, -0.1) is 11.8 Å². The number of hydrogen-bond acceptors (Lipinski definition) is 14. The number of hydrogen-bond donors (Lipinski definition) is 3. The molecule has 7 heterocycles. The Balaban J connectivity index is 1.30. The number of fused-ring (bicyclic) bond motifs is 9. The van der Waals surface area contributed by atoms with Crippen LogP contribution in [0.1, 0.15) is 68.8 Å². The minimum atomic E-state index is -1.29. The van der Waals surface area contributed by atoms with E-state index in [-0.39, 0.29) is 54.5 Å². The summed E-state index contributed by atoms with van der Waals surface area (Å²) < 4.78 is 36.2. The van der Waals surface area contributed by atoms with Gasteiger partial charge in [0.2, 0.25) is 6.79 Å². The Labute approximate surface area is 311 Å². The average Bonchev–Trinajstić information content (AvgIpc) is 3.61. The number of methoxy groups -OCH3 is 2. The van der Waals surface area contributed by atoms with Crippen molar-refractivity contribution in [1.82, 2.24) is 15.1 Å². The fraction of sp³-hybridized carbons (Fsp3) is 0.487. The van der Waals surface area contributed by atoms with Crippen molar-refractivity contribution in [2.75, 3.05) is 53.5 Å². The summed E-state index contributed by atoms with van der Waals surface area (Å²) in [5.41, 5.74) is 5.22. The molecule has 280 valence electrons. The zero-order chi connectivity index (χ0) is 37.1. The fourth-order valence-electron chi connectivity index (χ4n) is 9.92. The maximum atomic E-state index is 14.7. The first kappa shape index (κ1) is 34.4. The van der Waals surface area contributed by atoms with Crippen molar-refractivity contribution in [1.29, 1.82) is 0 Å². The Kier molecular flexibility index (Phi) is 8.01. The van der Waals surface area contributed by atoms with Gasteiger partial charge in [-0.2, -0.15) is 0 Å². The van der Waals surface area contributed by atoms with Crippen molar-refractivity contribution < 1.29 is 48.2 Å². The second-order valence-electron chi connectivity index (χ2n) is 14.9. The van der Waals surface area contributed by atoms with Gasteiger partial charge in [0.1, 0.15) is 12.4 Å². The normalized spacial score (nSPS) is 28.3. The largest absolute Gasteiger partial charge is 0.504 e. The number of phenolic OH excluding ortho intramolecular Hbond substituents is 2. The van der Waals surface area contributed by atoms with Gasteiger partial charge in [-0.1, -0.05) is 6.07 Å². The predicted octanol–water partition coefficient (Wildman–Crippen LogP) is 4.09. The van der Waals surface area contributed by atoms with Crippen LogP contribution < -0.4 is 29.0 Å². The van der Waals surface area contributed by atoms with Crippen LogP contribution in [0, 0.1) is 13.8 Å². The quantitative estimate of drug-likeness (QED) is 0.261. The van der Waals surface area contributed by atoms with Crippen molar-refractivity contribution >= 4 is 23.7 Å². The fourth-order valence-corrected chi connectivity index (χ4v) is 11.6. The summed E-state index contributed by atoms with van der Waals surface area (Å²) in [6.45, 7) is 6.33. The van der Waals surface area contributed by atoms with E-state index in [0.717, 1.165) is 33.4 Å². The maximum absolute atomic E-state index is 14.7. The molecule has 3 N–H and O–H groups in total. The Morgan fingerprint density at radius 2 is 1.81 bits per heavy atom. The molecule has 0 radical (unpaired) electrons. The molecule has 10 rings (SSSR count). The van der Waals surface area contributed by atoms with Gasteiger partial charge in [0.05, 0.1) is 31.6 Å². The number of aryl methyl sites for hydroxylation is 1. The van der Waals surface area contributed by atoms with Gasteiger partial charge in [0.25, 0.3) is 0 Å². The van der Waals surface area contributed by atoms with Crippen molar-refractivity contribution in [3.63, 3.8) is 0 Å². The third-order valence-electron chi connectivity index (χ3n) is 12.2. The molecule has 3 aromatic rings. The highest BCUT2D eigenvalue weighted by Gasteiger charge is 2.59. The molecule has 6 atom stereocenters. The van der Waals surface area contributed by atoms with Crippen molar-refractivity contribution in [3.8, 4) is 40.2 Å². The topological polar surface area (TPSA) is 148 Å². The lowest BCUT2D eigenvalue weighted by Crippen LogP contribution is -2.65. The van der Waals surface area contributed by atoms with Crippen LogP contribution >= 0.6 is 11.8 Å². The summed E-state index contributed by atoms with van der Waals surface area (Å²) in [5, 5.41) is 25.8. The first-order valence-electron chi connectivity index (χ1n) is 17.9. The van der Waals surface area contributed by atoms with Crippen LogP contribution in [-0.4, -0.2) is 97.5 Å².